The van der Waals surface area contributed by atoms with Gasteiger partial charge in [-0.1, -0.05) is 0 Å². The van der Waals surface area contributed by atoms with Crippen molar-refractivity contribution in [3.63, 3.8) is 0 Å². The van der Waals surface area contributed by atoms with Crippen molar-refractivity contribution in [3.8, 4) is 0 Å². The molecule has 0 aliphatic rings. The minimum atomic E-state index is -4.22. The Bertz CT molecular complexity index is 844. The molecule has 0 aliphatic carbocycles. The maximum Gasteiger partial charge on any atom is 0.284 e. The van der Waals surface area contributed by atoms with Crippen LogP contribution in [-0.4, -0.2) is 24.2 Å². The van der Waals surface area contributed by atoms with Crippen molar-refractivity contribution in [3.05, 3.63) is 50.0 Å². The molecule has 2 aromatic rings. The number of nitrogens with one attached hydrogen (secondary N) is 1. The first-order chi connectivity index (χ1) is 10.2. The number of amides is 1. The van der Waals surface area contributed by atoms with Crippen LogP contribution in [-0.2, 0) is 10.0 Å². The Kier molecular flexibility index (Phi) is 4.24. The van der Waals surface area contributed by atoms with Crippen LogP contribution in [0.15, 0.2) is 27.9 Å². The molecule has 0 unspecified atom stereocenters. The van der Waals surface area contributed by atoms with Gasteiger partial charge in [-0.25, -0.2) is 18.1 Å². The Morgan fingerprint density at radius 3 is 2.59 bits per heavy atom. The SMILES string of the molecule is Cc1cc(S(=O)(=O)NC(=O)c2cscn2)cc([N+](=O)[O-])c1C. The van der Waals surface area contributed by atoms with E-state index in [1.54, 1.807) is 6.92 Å². The third-order valence-electron chi connectivity index (χ3n) is 3.01. The van der Waals surface area contributed by atoms with Crippen LogP contribution in [0.1, 0.15) is 21.6 Å². The lowest BCUT2D eigenvalue weighted by Gasteiger charge is -2.08. The van der Waals surface area contributed by atoms with E-state index in [2.05, 4.69) is 4.98 Å². The highest BCUT2D eigenvalue weighted by atomic mass is 32.2. The number of aryl methyl sites for hydroxylation is 1. The van der Waals surface area contributed by atoms with Gasteiger partial charge >= 0.3 is 0 Å². The Hall–Kier alpha value is -2.33. The average Bonchev–Trinajstić information content (AvgIpc) is 2.94. The van der Waals surface area contributed by atoms with Gasteiger partial charge in [-0.15, -0.1) is 11.3 Å². The van der Waals surface area contributed by atoms with Crippen LogP contribution in [0.5, 0.6) is 0 Å². The Morgan fingerprint density at radius 1 is 1.36 bits per heavy atom. The molecule has 1 N–H and O–H groups in total. The van der Waals surface area contributed by atoms with Crippen LogP contribution in [0.3, 0.4) is 0 Å². The number of thiazole rings is 1. The Morgan fingerprint density at radius 2 is 2.05 bits per heavy atom. The van der Waals surface area contributed by atoms with Crippen molar-refractivity contribution in [2.45, 2.75) is 18.7 Å². The molecule has 0 bridgehead atoms. The number of nitro benzene ring substituents is 1. The van der Waals surface area contributed by atoms with Crippen molar-refractivity contribution in [2.24, 2.45) is 0 Å². The standard InChI is InChI=1S/C12H11N3O5S2/c1-7-3-9(4-11(8(7)2)15(17)18)22(19,20)14-12(16)10-5-21-6-13-10/h3-6H,1-2H3,(H,14,16). The summed E-state index contributed by atoms with van der Waals surface area (Å²) in [6.45, 7) is 3.08. The van der Waals surface area contributed by atoms with Crippen molar-refractivity contribution >= 4 is 33.0 Å². The summed E-state index contributed by atoms with van der Waals surface area (Å²) in [7, 11) is -4.22. The molecule has 116 valence electrons. The van der Waals surface area contributed by atoms with Gasteiger partial charge in [-0.05, 0) is 25.5 Å². The Labute approximate surface area is 130 Å². The number of aromatic nitrogens is 1. The van der Waals surface area contributed by atoms with E-state index in [0.717, 1.165) is 17.4 Å². The second-order valence-corrected chi connectivity index (χ2v) is 6.85. The van der Waals surface area contributed by atoms with Crippen LogP contribution in [0.2, 0.25) is 0 Å². The number of benzene rings is 1. The van der Waals surface area contributed by atoms with E-state index in [0.29, 0.717) is 11.1 Å². The summed E-state index contributed by atoms with van der Waals surface area (Å²) in [5.74, 6) is -0.887. The first-order valence-corrected chi connectivity index (χ1v) is 8.36. The van der Waals surface area contributed by atoms with Crippen LogP contribution < -0.4 is 4.72 Å². The van der Waals surface area contributed by atoms with Crippen molar-refractivity contribution in [1.82, 2.24) is 9.71 Å². The van der Waals surface area contributed by atoms with Crippen molar-refractivity contribution in [2.75, 3.05) is 0 Å². The molecule has 2 rings (SSSR count). The molecule has 22 heavy (non-hydrogen) atoms. The highest BCUT2D eigenvalue weighted by molar-refractivity contribution is 7.90. The molecule has 10 heteroatoms. The van der Waals surface area contributed by atoms with Gasteiger partial charge in [0.1, 0.15) is 5.69 Å². The number of nitro groups is 1. The minimum Gasteiger partial charge on any atom is -0.266 e. The van der Waals surface area contributed by atoms with Gasteiger partial charge < -0.3 is 0 Å². The summed E-state index contributed by atoms with van der Waals surface area (Å²) in [5.41, 5.74) is 1.85. The summed E-state index contributed by atoms with van der Waals surface area (Å²) >= 11 is 1.14. The minimum absolute atomic E-state index is 0.0353. The fourth-order valence-corrected chi connectivity index (χ4v) is 3.31. The predicted molar refractivity (Wildman–Crippen MR) is 79.3 cm³/mol. The molecule has 0 fully saturated rings. The highest BCUT2D eigenvalue weighted by Gasteiger charge is 2.24. The number of carbonyl (C=O) groups excluding carboxylic acids is 1. The summed E-state index contributed by atoms with van der Waals surface area (Å²) in [4.78, 5) is 25.5. The smallest absolute Gasteiger partial charge is 0.266 e. The van der Waals surface area contributed by atoms with Gasteiger partial charge in [0.25, 0.3) is 21.6 Å². The highest BCUT2D eigenvalue weighted by Crippen LogP contribution is 2.25. The lowest BCUT2D eigenvalue weighted by Crippen LogP contribution is -2.31. The predicted octanol–water partition coefficient (Wildman–Crippen LogP) is 1.79. The molecule has 0 radical (unpaired) electrons. The molecule has 0 atom stereocenters. The third-order valence-corrected chi connectivity index (χ3v) is 4.91. The molecular weight excluding hydrogens is 330 g/mol. The molecule has 0 aliphatic heterocycles. The Balaban J connectivity index is 2.42. The zero-order chi connectivity index (χ0) is 16.5. The quantitative estimate of drug-likeness (QED) is 0.669. The maximum atomic E-state index is 12.2. The van der Waals surface area contributed by atoms with E-state index in [1.165, 1.54) is 23.9 Å². The van der Waals surface area contributed by atoms with Crippen LogP contribution in [0.25, 0.3) is 0 Å². The molecule has 0 saturated carbocycles. The van der Waals surface area contributed by atoms with Gasteiger partial charge in [0.05, 0.1) is 15.3 Å². The van der Waals surface area contributed by atoms with Gasteiger partial charge in [0.2, 0.25) is 0 Å². The number of rotatable bonds is 4. The summed E-state index contributed by atoms with van der Waals surface area (Å²) in [6, 6.07) is 2.21. The fourth-order valence-electron chi connectivity index (χ4n) is 1.71. The molecule has 0 saturated heterocycles. The lowest BCUT2D eigenvalue weighted by atomic mass is 10.1. The van der Waals surface area contributed by atoms with Crippen molar-refractivity contribution in [1.29, 1.82) is 0 Å². The number of hydrogen-bond acceptors (Lipinski definition) is 7. The lowest BCUT2D eigenvalue weighted by molar-refractivity contribution is -0.385. The van der Waals surface area contributed by atoms with Crippen LogP contribution in [0.4, 0.5) is 5.69 Å². The van der Waals surface area contributed by atoms with E-state index in [-0.39, 0.29) is 16.3 Å². The van der Waals surface area contributed by atoms with E-state index >= 15 is 0 Å². The maximum absolute atomic E-state index is 12.2. The third kappa shape index (κ3) is 3.12. The normalized spacial score (nSPS) is 11.2. The van der Waals surface area contributed by atoms with E-state index in [4.69, 9.17) is 0 Å². The molecule has 1 heterocycles. The number of hydrogen-bond donors (Lipinski definition) is 1. The molecule has 1 amide bonds. The summed E-state index contributed by atoms with van der Waals surface area (Å²) in [6.07, 6.45) is 0. The van der Waals surface area contributed by atoms with Crippen molar-refractivity contribution < 1.29 is 18.1 Å². The monoisotopic (exact) mass is 341 g/mol. The summed E-state index contributed by atoms with van der Waals surface area (Å²) in [5, 5.41) is 12.4. The zero-order valence-electron chi connectivity index (χ0n) is 11.6. The van der Waals surface area contributed by atoms with Gasteiger partial charge in [0, 0.05) is 17.0 Å². The molecule has 0 spiro atoms. The zero-order valence-corrected chi connectivity index (χ0v) is 13.2. The second-order valence-electron chi connectivity index (χ2n) is 4.45. The molecule has 8 nitrogen and oxygen atoms in total. The average molecular weight is 341 g/mol. The first-order valence-electron chi connectivity index (χ1n) is 5.93. The second kappa shape index (κ2) is 5.81. The fraction of sp³-hybridized carbons (Fsp3) is 0.167. The summed E-state index contributed by atoms with van der Waals surface area (Å²) < 4.78 is 26.2. The van der Waals surface area contributed by atoms with E-state index in [9.17, 15) is 23.3 Å². The molecular formula is C12H11N3O5S2. The van der Waals surface area contributed by atoms with E-state index < -0.39 is 20.9 Å². The molecule has 1 aromatic heterocycles. The van der Waals surface area contributed by atoms with Crippen LogP contribution >= 0.6 is 11.3 Å². The number of nitrogens with zero attached hydrogens (tertiary/aromatic N) is 2. The van der Waals surface area contributed by atoms with Crippen LogP contribution in [0, 0.1) is 24.0 Å². The van der Waals surface area contributed by atoms with Gasteiger partial charge in [-0.2, -0.15) is 0 Å². The van der Waals surface area contributed by atoms with Gasteiger partial charge in [-0.3, -0.25) is 14.9 Å². The molecule has 1 aromatic carbocycles. The first kappa shape index (κ1) is 16.0. The number of sulfonamides is 1. The largest absolute Gasteiger partial charge is 0.284 e. The van der Waals surface area contributed by atoms with E-state index in [1.807, 2.05) is 4.72 Å². The number of carbonyl (C=O) groups is 1. The van der Waals surface area contributed by atoms with Gasteiger partial charge in [0.15, 0.2) is 0 Å². The topological polar surface area (TPSA) is 119 Å².